The molecule has 0 saturated heterocycles. The molecule has 0 unspecified atom stereocenters. The lowest BCUT2D eigenvalue weighted by atomic mass is 10.0. The minimum atomic E-state index is -1.03. The monoisotopic (exact) mass is 279 g/mol. The molecule has 0 aliphatic carbocycles. The van der Waals surface area contributed by atoms with Gasteiger partial charge in [-0.3, -0.25) is 4.79 Å². The minimum Gasteiger partial charge on any atom is -0.484 e. The summed E-state index contributed by atoms with van der Waals surface area (Å²) in [4.78, 5) is 22.8. The van der Waals surface area contributed by atoms with Crippen molar-refractivity contribution in [1.29, 1.82) is 0 Å². The molecule has 5 heteroatoms. The van der Waals surface area contributed by atoms with Crippen molar-refractivity contribution in [2.45, 2.75) is 33.2 Å². The van der Waals surface area contributed by atoms with Gasteiger partial charge >= 0.3 is 5.97 Å². The second-order valence-corrected chi connectivity index (χ2v) is 5.14. The van der Waals surface area contributed by atoms with Crippen LogP contribution in [0.3, 0.4) is 0 Å². The number of benzene rings is 1. The van der Waals surface area contributed by atoms with Gasteiger partial charge in [0, 0.05) is 0 Å². The number of rotatable bonds is 7. The van der Waals surface area contributed by atoms with Crippen LogP contribution in [0.1, 0.15) is 25.8 Å². The first kappa shape index (κ1) is 16.0. The van der Waals surface area contributed by atoms with Crippen LogP contribution in [0.5, 0.6) is 5.75 Å². The molecule has 1 amide bonds. The zero-order valence-electron chi connectivity index (χ0n) is 12.1. The Labute approximate surface area is 118 Å². The van der Waals surface area contributed by atoms with Gasteiger partial charge < -0.3 is 15.2 Å². The molecule has 0 radical (unpaired) electrons. The molecule has 1 rings (SSSR count). The summed E-state index contributed by atoms with van der Waals surface area (Å²) in [5.74, 6) is -0.642. The smallest absolute Gasteiger partial charge is 0.326 e. The highest BCUT2D eigenvalue weighted by molar-refractivity contribution is 5.84. The van der Waals surface area contributed by atoms with Crippen molar-refractivity contribution in [3.05, 3.63) is 29.8 Å². The first-order chi connectivity index (χ1) is 9.40. The maximum atomic E-state index is 11.7. The molecule has 20 heavy (non-hydrogen) atoms. The van der Waals surface area contributed by atoms with E-state index in [-0.39, 0.29) is 12.5 Å². The largest absolute Gasteiger partial charge is 0.484 e. The maximum Gasteiger partial charge on any atom is 0.326 e. The molecular formula is C15H21NO4. The topological polar surface area (TPSA) is 75.6 Å². The average Bonchev–Trinajstić information content (AvgIpc) is 2.36. The molecule has 0 fully saturated rings. The number of amides is 1. The lowest BCUT2D eigenvalue weighted by molar-refractivity contribution is -0.142. The summed E-state index contributed by atoms with van der Waals surface area (Å²) < 4.78 is 5.38. The number of ether oxygens (including phenoxy) is 1. The number of nitrogens with one attached hydrogen (secondary N) is 1. The first-order valence-electron chi connectivity index (χ1n) is 6.60. The van der Waals surface area contributed by atoms with Gasteiger partial charge in [-0.2, -0.15) is 0 Å². The van der Waals surface area contributed by atoms with Gasteiger partial charge in [0.25, 0.3) is 5.91 Å². The molecule has 0 bridgehead atoms. The Balaban J connectivity index is 2.50. The van der Waals surface area contributed by atoms with Gasteiger partial charge in [-0.05, 0) is 30.9 Å². The molecule has 0 heterocycles. The molecule has 1 aromatic carbocycles. The van der Waals surface area contributed by atoms with Crippen LogP contribution in [0.15, 0.2) is 24.3 Å². The van der Waals surface area contributed by atoms with Gasteiger partial charge in [0.05, 0.1) is 0 Å². The number of hydrogen-bond donors (Lipinski definition) is 2. The Kier molecular flexibility index (Phi) is 6.03. The molecule has 110 valence electrons. The van der Waals surface area contributed by atoms with Crippen LogP contribution in [0.4, 0.5) is 0 Å². The highest BCUT2D eigenvalue weighted by Crippen LogP contribution is 2.15. The quantitative estimate of drug-likeness (QED) is 0.800. The van der Waals surface area contributed by atoms with Crippen LogP contribution >= 0.6 is 0 Å². The van der Waals surface area contributed by atoms with Crippen LogP contribution in [0.2, 0.25) is 0 Å². The van der Waals surface area contributed by atoms with Crippen molar-refractivity contribution >= 4 is 11.9 Å². The van der Waals surface area contributed by atoms with E-state index in [0.717, 1.165) is 5.56 Å². The number of aliphatic carboxylic acids is 1. The Morgan fingerprint density at radius 2 is 1.95 bits per heavy atom. The summed E-state index contributed by atoms with van der Waals surface area (Å²) in [7, 11) is 0. The Hall–Kier alpha value is -2.04. The second kappa shape index (κ2) is 7.53. The van der Waals surface area contributed by atoms with Crippen molar-refractivity contribution in [2.75, 3.05) is 6.61 Å². The summed E-state index contributed by atoms with van der Waals surface area (Å²) in [5, 5.41) is 11.5. The molecular weight excluding hydrogens is 258 g/mol. The van der Waals surface area contributed by atoms with Crippen LogP contribution in [0, 0.1) is 12.8 Å². The highest BCUT2D eigenvalue weighted by atomic mass is 16.5. The van der Waals surface area contributed by atoms with Crippen LogP contribution in [0.25, 0.3) is 0 Å². The normalized spacial score (nSPS) is 12.0. The molecule has 1 aromatic rings. The maximum absolute atomic E-state index is 11.7. The van der Waals surface area contributed by atoms with Crippen molar-refractivity contribution in [3.8, 4) is 5.75 Å². The van der Waals surface area contributed by atoms with E-state index in [2.05, 4.69) is 5.32 Å². The highest BCUT2D eigenvalue weighted by Gasteiger charge is 2.21. The van der Waals surface area contributed by atoms with E-state index in [1.807, 2.05) is 39.0 Å². The zero-order chi connectivity index (χ0) is 15.1. The zero-order valence-corrected chi connectivity index (χ0v) is 12.1. The van der Waals surface area contributed by atoms with E-state index in [0.29, 0.717) is 12.2 Å². The summed E-state index contributed by atoms with van der Waals surface area (Å²) >= 11 is 0. The molecule has 0 saturated carbocycles. The summed E-state index contributed by atoms with van der Waals surface area (Å²) in [6.45, 7) is 5.51. The SMILES string of the molecule is Cc1ccccc1OCC(=O)N[C@@H](CC(C)C)C(=O)O. The minimum absolute atomic E-state index is 0.188. The number of hydrogen-bond acceptors (Lipinski definition) is 3. The van der Waals surface area contributed by atoms with Crippen LogP contribution < -0.4 is 10.1 Å². The molecule has 1 atom stereocenters. The van der Waals surface area contributed by atoms with E-state index in [9.17, 15) is 9.59 Å². The third kappa shape index (κ3) is 5.30. The lowest BCUT2D eigenvalue weighted by Crippen LogP contribution is -2.43. The number of carbonyl (C=O) groups is 2. The van der Waals surface area contributed by atoms with Gasteiger partial charge in [-0.25, -0.2) is 4.79 Å². The fraction of sp³-hybridized carbons (Fsp3) is 0.467. The molecule has 0 spiro atoms. The number of carboxylic acids is 1. The summed E-state index contributed by atoms with van der Waals surface area (Å²) in [6, 6.07) is 6.48. The molecule has 0 aromatic heterocycles. The van der Waals surface area contributed by atoms with E-state index in [1.165, 1.54) is 0 Å². The standard InChI is InChI=1S/C15H21NO4/c1-10(2)8-12(15(18)19)16-14(17)9-20-13-7-5-4-6-11(13)3/h4-7,10,12H,8-9H2,1-3H3,(H,16,17)(H,18,19)/t12-/m0/s1. The summed E-state index contributed by atoms with van der Waals surface area (Å²) in [5.41, 5.74) is 0.928. The number of para-hydroxylation sites is 1. The molecule has 5 nitrogen and oxygen atoms in total. The van der Waals surface area contributed by atoms with E-state index < -0.39 is 17.9 Å². The van der Waals surface area contributed by atoms with Gasteiger partial charge in [0.15, 0.2) is 6.61 Å². The van der Waals surface area contributed by atoms with Gasteiger partial charge in [-0.1, -0.05) is 32.0 Å². The average molecular weight is 279 g/mol. The molecule has 2 N–H and O–H groups in total. The third-order valence-electron chi connectivity index (χ3n) is 2.79. The van der Waals surface area contributed by atoms with Crippen LogP contribution in [-0.2, 0) is 9.59 Å². The number of carbonyl (C=O) groups excluding carboxylic acids is 1. The van der Waals surface area contributed by atoms with Crippen molar-refractivity contribution < 1.29 is 19.4 Å². The Morgan fingerprint density at radius 3 is 2.50 bits per heavy atom. The van der Waals surface area contributed by atoms with Crippen molar-refractivity contribution in [2.24, 2.45) is 5.92 Å². The molecule has 0 aliphatic rings. The number of carboxylic acid groups (broad SMARTS) is 1. The first-order valence-corrected chi connectivity index (χ1v) is 6.60. The van der Waals surface area contributed by atoms with Gasteiger partial charge in [0.1, 0.15) is 11.8 Å². The predicted octanol–water partition coefficient (Wildman–Crippen LogP) is 1.99. The van der Waals surface area contributed by atoms with Gasteiger partial charge in [-0.15, -0.1) is 0 Å². The van der Waals surface area contributed by atoms with E-state index in [1.54, 1.807) is 6.07 Å². The predicted molar refractivity (Wildman–Crippen MR) is 75.7 cm³/mol. The van der Waals surface area contributed by atoms with Crippen LogP contribution in [-0.4, -0.2) is 29.6 Å². The van der Waals surface area contributed by atoms with E-state index in [4.69, 9.17) is 9.84 Å². The fourth-order valence-corrected chi connectivity index (χ4v) is 1.79. The number of aryl methyl sites for hydroxylation is 1. The third-order valence-corrected chi connectivity index (χ3v) is 2.79. The Morgan fingerprint density at radius 1 is 1.30 bits per heavy atom. The Bertz CT molecular complexity index is 471. The van der Waals surface area contributed by atoms with E-state index >= 15 is 0 Å². The van der Waals surface area contributed by atoms with Crippen molar-refractivity contribution in [1.82, 2.24) is 5.32 Å². The second-order valence-electron chi connectivity index (χ2n) is 5.14. The summed E-state index contributed by atoms with van der Waals surface area (Å²) in [6.07, 6.45) is 0.394. The lowest BCUT2D eigenvalue weighted by Gasteiger charge is -2.16. The molecule has 0 aliphatic heterocycles. The van der Waals surface area contributed by atoms with Gasteiger partial charge in [0.2, 0.25) is 0 Å². The fourth-order valence-electron chi connectivity index (χ4n) is 1.79. The van der Waals surface area contributed by atoms with Crippen molar-refractivity contribution in [3.63, 3.8) is 0 Å².